The van der Waals surface area contributed by atoms with Crippen molar-refractivity contribution in [3.05, 3.63) is 47.3 Å². The first kappa shape index (κ1) is 25.3. The van der Waals surface area contributed by atoms with Gasteiger partial charge in [0.1, 0.15) is 10.9 Å². The number of carbonyl (C=O) groups is 2. The van der Waals surface area contributed by atoms with Gasteiger partial charge in [0, 0.05) is 31.4 Å². The van der Waals surface area contributed by atoms with Crippen LogP contribution in [0.25, 0.3) is 0 Å². The van der Waals surface area contributed by atoms with E-state index in [1.165, 1.54) is 16.7 Å². The minimum Gasteiger partial charge on any atom is -0.429 e. The highest BCUT2D eigenvalue weighted by molar-refractivity contribution is 8.01. The molecule has 2 aliphatic rings. The number of amides is 1. The summed E-state index contributed by atoms with van der Waals surface area (Å²) in [6.07, 6.45) is 1.05. The van der Waals surface area contributed by atoms with E-state index in [0.717, 1.165) is 49.9 Å². The van der Waals surface area contributed by atoms with Crippen molar-refractivity contribution in [1.29, 1.82) is 0 Å². The molecule has 2 fully saturated rings. The molecule has 7 nitrogen and oxygen atoms in total. The van der Waals surface area contributed by atoms with Crippen LogP contribution in [-0.4, -0.2) is 38.8 Å². The molecule has 1 N–H and O–H groups in total. The highest BCUT2D eigenvalue weighted by Crippen LogP contribution is 2.52. The van der Waals surface area contributed by atoms with Crippen LogP contribution in [0.2, 0.25) is 0 Å². The number of esters is 1. The second-order valence-electron chi connectivity index (χ2n) is 8.97. The zero-order valence-corrected chi connectivity index (χ0v) is 20.5. The molecular formula is C24H27F3N4O3S. The number of ether oxygens (including phenoxy) is 1. The van der Waals surface area contributed by atoms with Gasteiger partial charge in [-0.1, -0.05) is 43.2 Å². The summed E-state index contributed by atoms with van der Waals surface area (Å²) in [6, 6.07) is 5.99. The molecule has 1 aromatic carbocycles. The zero-order valence-electron chi connectivity index (χ0n) is 19.7. The average molecular weight is 509 g/mol. The molecular weight excluding hydrogens is 481 g/mol. The summed E-state index contributed by atoms with van der Waals surface area (Å²) in [7, 11) is 1.59. The van der Waals surface area contributed by atoms with Crippen molar-refractivity contribution in [3.63, 3.8) is 0 Å². The van der Waals surface area contributed by atoms with Crippen molar-refractivity contribution in [2.24, 2.45) is 5.92 Å². The number of nitrogens with zero attached hydrogens (tertiary/aromatic N) is 3. The number of hydrogen-bond acceptors (Lipinski definition) is 7. The number of rotatable bonds is 5. The van der Waals surface area contributed by atoms with Crippen molar-refractivity contribution in [3.8, 4) is 0 Å². The lowest BCUT2D eigenvalue weighted by atomic mass is 9.89. The normalized spacial score (nSPS) is 23.4. The van der Waals surface area contributed by atoms with E-state index in [1.807, 2.05) is 13.0 Å². The van der Waals surface area contributed by atoms with E-state index < -0.39 is 22.2 Å². The molecule has 0 bridgehead atoms. The fourth-order valence-electron chi connectivity index (χ4n) is 4.44. The third kappa shape index (κ3) is 5.24. The molecule has 2 unspecified atom stereocenters. The molecule has 0 spiro atoms. The van der Waals surface area contributed by atoms with Gasteiger partial charge in [0.15, 0.2) is 0 Å². The number of benzene rings is 1. The second-order valence-corrected chi connectivity index (χ2v) is 10.4. The Kier molecular flexibility index (Phi) is 6.99. The Morgan fingerprint density at radius 1 is 1.23 bits per heavy atom. The predicted octanol–water partition coefficient (Wildman–Crippen LogP) is 5.59. The minimum absolute atomic E-state index is 0.169. The third-order valence-corrected chi connectivity index (χ3v) is 7.98. The second kappa shape index (κ2) is 9.67. The first-order valence-electron chi connectivity index (χ1n) is 11.4. The lowest BCUT2D eigenvalue weighted by Crippen LogP contribution is -2.44. The smallest absolute Gasteiger partial charge is 0.429 e. The van der Waals surface area contributed by atoms with Gasteiger partial charge in [0.25, 0.3) is 0 Å². The van der Waals surface area contributed by atoms with Gasteiger partial charge in [0.2, 0.25) is 16.9 Å². The van der Waals surface area contributed by atoms with Crippen LogP contribution < -0.4 is 5.32 Å². The first-order chi connectivity index (χ1) is 16.5. The monoisotopic (exact) mass is 508 g/mol. The van der Waals surface area contributed by atoms with E-state index in [-0.39, 0.29) is 23.7 Å². The van der Waals surface area contributed by atoms with E-state index in [9.17, 15) is 22.8 Å². The lowest BCUT2D eigenvalue weighted by Gasteiger charge is -2.32. The van der Waals surface area contributed by atoms with Crippen molar-refractivity contribution < 1.29 is 27.5 Å². The van der Waals surface area contributed by atoms with Crippen LogP contribution in [0.3, 0.4) is 0 Å². The van der Waals surface area contributed by atoms with Gasteiger partial charge in [-0.25, -0.2) is 9.97 Å². The lowest BCUT2D eigenvalue weighted by molar-refractivity contribution is -0.169. The van der Waals surface area contributed by atoms with Crippen molar-refractivity contribution >= 4 is 35.3 Å². The molecule has 2 aromatic rings. The number of aromatic nitrogens is 2. The SMILES string of the molecule is Cc1cccc(Nc2nccc(C(F)(F)F)n2)c1C1SC(C)(OC(=O)C2CCCCC2)N(C)C1=O. The topological polar surface area (TPSA) is 84.4 Å². The van der Waals surface area contributed by atoms with Crippen LogP contribution in [0.4, 0.5) is 24.8 Å². The maximum atomic E-state index is 13.3. The number of thioether (sulfide) groups is 1. The van der Waals surface area contributed by atoms with Crippen LogP contribution >= 0.6 is 11.8 Å². The maximum absolute atomic E-state index is 13.3. The quantitative estimate of drug-likeness (QED) is 0.527. The summed E-state index contributed by atoms with van der Waals surface area (Å²) in [5.74, 6) is -0.976. The van der Waals surface area contributed by atoms with E-state index in [0.29, 0.717) is 11.3 Å². The summed E-state index contributed by atoms with van der Waals surface area (Å²) < 4.78 is 45.2. The van der Waals surface area contributed by atoms with Crippen LogP contribution in [0, 0.1) is 12.8 Å². The molecule has 1 saturated heterocycles. The summed E-state index contributed by atoms with van der Waals surface area (Å²) in [4.78, 5) is 35.1. The Balaban J connectivity index is 1.60. The van der Waals surface area contributed by atoms with Gasteiger partial charge in [-0.15, -0.1) is 0 Å². The molecule has 4 rings (SSSR count). The van der Waals surface area contributed by atoms with Gasteiger partial charge in [-0.3, -0.25) is 14.5 Å². The molecule has 188 valence electrons. The van der Waals surface area contributed by atoms with E-state index in [1.54, 1.807) is 26.1 Å². The van der Waals surface area contributed by atoms with Crippen molar-refractivity contribution in [2.75, 3.05) is 12.4 Å². The van der Waals surface area contributed by atoms with Gasteiger partial charge in [-0.05, 0) is 37.5 Å². The third-order valence-electron chi connectivity index (χ3n) is 6.51. The van der Waals surface area contributed by atoms with Gasteiger partial charge in [-0.2, -0.15) is 13.2 Å². The number of nitrogens with one attached hydrogen (secondary N) is 1. The van der Waals surface area contributed by atoms with Crippen LogP contribution in [0.15, 0.2) is 30.5 Å². The Morgan fingerprint density at radius 3 is 2.63 bits per heavy atom. The summed E-state index contributed by atoms with van der Waals surface area (Å²) in [5.41, 5.74) is 0.667. The highest BCUT2D eigenvalue weighted by Gasteiger charge is 2.51. The van der Waals surface area contributed by atoms with E-state index in [4.69, 9.17) is 4.74 Å². The highest BCUT2D eigenvalue weighted by atomic mass is 32.2. The predicted molar refractivity (Wildman–Crippen MR) is 126 cm³/mol. The fourth-order valence-corrected chi connectivity index (χ4v) is 5.95. The summed E-state index contributed by atoms with van der Waals surface area (Å²) >= 11 is 1.19. The zero-order chi connectivity index (χ0) is 25.4. The van der Waals surface area contributed by atoms with Gasteiger partial charge in [0.05, 0.1) is 5.92 Å². The molecule has 1 aliphatic heterocycles. The standard InChI is InChI=1S/C24H27F3N4O3S/c1-14-8-7-11-16(29-22-28-13-12-17(30-22)24(25,26)27)18(14)19-20(32)31(3)23(2,35-19)34-21(33)15-9-5-4-6-10-15/h7-8,11-13,15,19H,4-6,9-10H2,1-3H3,(H,28,29,30). The number of aryl methyl sites for hydroxylation is 1. The number of alkyl halides is 3. The van der Waals surface area contributed by atoms with Crippen molar-refractivity contribution in [2.45, 2.75) is 62.4 Å². The van der Waals surface area contributed by atoms with Crippen LogP contribution in [-0.2, 0) is 20.5 Å². The Bertz CT molecular complexity index is 1120. The Hall–Kier alpha value is -2.82. The minimum atomic E-state index is -4.61. The first-order valence-corrected chi connectivity index (χ1v) is 12.3. The fraction of sp³-hybridized carbons (Fsp3) is 0.500. The van der Waals surface area contributed by atoms with Gasteiger partial charge >= 0.3 is 12.1 Å². The summed E-state index contributed by atoms with van der Waals surface area (Å²) in [6.45, 7) is 3.50. The molecule has 2 heterocycles. The molecule has 2 atom stereocenters. The Labute approximate surface area is 205 Å². The molecule has 1 amide bonds. The van der Waals surface area contributed by atoms with Gasteiger partial charge < -0.3 is 10.1 Å². The summed E-state index contributed by atoms with van der Waals surface area (Å²) in [5, 5.41) is 0.901. The van der Waals surface area contributed by atoms with Crippen LogP contribution in [0.1, 0.15) is 61.1 Å². The molecule has 11 heteroatoms. The number of anilines is 2. The Morgan fingerprint density at radius 2 is 1.94 bits per heavy atom. The number of carbonyl (C=O) groups excluding carboxylic acids is 2. The number of halogens is 3. The molecule has 1 aromatic heterocycles. The molecule has 35 heavy (non-hydrogen) atoms. The largest absolute Gasteiger partial charge is 0.433 e. The van der Waals surface area contributed by atoms with E-state index >= 15 is 0 Å². The van der Waals surface area contributed by atoms with Crippen molar-refractivity contribution in [1.82, 2.24) is 14.9 Å². The molecule has 1 saturated carbocycles. The maximum Gasteiger partial charge on any atom is 0.433 e. The average Bonchev–Trinajstić information content (AvgIpc) is 3.03. The number of hydrogen-bond donors (Lipinski definition) is 1. The van der Waals surface area contributed by atoms with E-state index in [2.05, 4.69) is 15.3 Å². The molecule has 0 radical (unpaired) electrons. The number of likely N-dealkylation sites (N-methyl/N-ethyl adjacent to an activating group) is 1. The van der Waals surface area contributed by atoms with Crippen LogP contribution in [0.5, 0.6) is 0 Å². The molecule has 1 aliphatic carbocycles.